The van der Waals surface area contributed by atoms with Gasteiger partial charge in [0.15, 0.2) is 0 Å². The summed E-state index contributed by atoms with van der Waals surface area (Å²) in [5.41, 5.74) is -0.243. The molecule has 5 heteroatoms. The van der Waals surface area contributed by atoms with Gasteiger partial charge in [0.25, 0.3) is 0 Å². The van der Waals surface area contributed by atoms with Gasteiger partial charge in [0.05, 0.1) is 20.8 Å². The first kappa shape index (κ1) is 14.3. The highest BCUT2D eigenvalue weighted by atomic mass is 16.5. The monoisotopic (exact) mass is 254 g/mol. The molecule has 0 aliphatic heterocycles. The van der Waals surface area contributed by atoms with Crippen LogP contribution in [0.2, 0.25) is 0 Å². The van der Waals surface area contributed by atoms with Gasteiger partial charge in [-0.2, -0.15) is 0 Å². The molecule has 1 rings (SSSR count). The highest BCUT2D eigenvalue weighted by Crippen LogP contribution is 2.37. The fraction of sp³-hybridized carbons (Fsp3) is 0.462. The number of carbonyl (C=O) groups is 1. The molecule has 2 N–H and O–H groups in total. The zero-order valence-electron chi connectivity index (χ0n) is 11.0. The van der Waals surface area contributed by atoms with Crippen molar-refractivity contribution < 1.29 is 24.5 Å². The molecule has 0 aliphatic rings. The minimum atomic E-state index is -1.40. The standard InChI is InChI=1S/C13H18O5/c1-8-5-9(17-3)6-10(18-4)11(8)13(2,7-14)12(15)16/h5-6,14H,7H2,1-4H3,(H,15,16). The molecule has 18 heavy (non-hydrogen) atoms. The van der Waals surface area contributed by atoms with Gasteiger partial charge in [0.1, 0.15) is 16.9 Å². The summed E-state index contributed by atoms with van der Waals surface area (Å²) in [6, 6.07) is 3.33. The van der Waals surface area contributed by atoms with E-state index in [2.05, 4.69) is 0 Å². The van der Waals surface area contributed by atoms with Gasteiger partial charge in [-0.3, -0.25) is 4.79 Å². The van der Waals surface area contributed by atoms with Gasteiger partial charge < -0.3 is 19.7 Å². The van der Waals surface area contributed by atoms with E-state index in [1.54, 1.807) is 19.1 Å². The summed E-state index contributed by atoms with van der Waals surface area (Å²) in [7, 11) is 2.98. The maximum absolute atomic E-state index is 11.4. The smallest absolute Gasteiger partial charge is 0.316 e. The van der Waals surface area contributed by atoms with E-state index in [-0.39, 0.29) is 0 Å². The lowest BCUT2D eigenvalue weighted by molar-refractivity contribution is -0.144. The Kier molecular flexibility index (Phi) is 4.19. The Bertz CT molecular complexity index is 455. The quantitative estimate of drug-likeness (QED) is 0.829. The van der Waals surface area contributed by atoms with Crippen molar-refractivity contribution in [1.82, 2.24) is 0 Å². The Morgan fingerprint density at radius 3 is 2.33 bits per heavy atom. The molecule has 0 saturated heterocycles. The van der Waals surface area contributed by atoms with Crippen LogP contribution >= 0.6 is 0 Å². The van der Waals surface area contributed by atoms with E-state index >= 15 is 0 Å². The molecule has 0 saturated carbocycles. The molecule has 0 spiro atoms. The Morgan fingerprint density at radius 1 is 1.33 bits per heavy atom. The molecule has 0 bridgehead atoms. The summed E-state index contributed by atoms with van der Waals surface area (Å²) in [5.74, 6) is -0.124. The van der Waals surface area contributed by atoms with Gasteiger partial charge in [-0.1, -0.05) is 0 Å². The average Bonchev–Trinajstić information content (AvgIpc) is 2.36. The fourth-order valence-corrected chi connectivity index (χ4v) is 1.96. The predicted molar refractivity (Wildman–Crippen MR) is 66.4 cm³/mol. The number of carboxylic acid groups (broad SMARTS) is 1. The lowest BCUT2D eigenvalue weighted by atomic mass is 9.80. The molecule has 0 fully saturated rings. The number of aliphatic carboxylic acids is 1. The lowest BCUT2D eigenvalue weighted by Gasteiger charge is -2.27. The van der Waals surface area contributed by atoms with Crippen LogP contribution in [0.25, 0.3) is 0 Å². The molecule has 0 amide bonds. The zero-order valence-corrected chi connectivity index (χ0v) is 11.0. The van der Waals surface area contributed by atoms with Crippen molar-refractivity contribution in [1.29, 1.82) is 0 Å². The molecular formula is C13H18O5. The first-order valence-corrected chi connectivity index (χ1v) is 5.48. The fourth-order valence-electron chi connectivity index (χ4n) is 1.96. The van der Waals surface area contributed by atoms with Crippen LogP contribution in [0.4, 0.5) is 0 Å². The normalized spacial score (nSPS) is 13.8. The van der Waals surface area contributed by atoms with E-state index in [1.807, 2.05) is 0 Å². The van der Waals surface area contributed by atoms with Crippen molar-refractivity contribution in [2.24, 2.45) is 0 Å². The Balaban J connectivity index is 3.52. The van der Waals surface area contributed by atoms with Crippen molar-refractivity contribution in [3.05, 3.63) is 23.3 Å². The molecule has 0 radical (unpaired) electrons. The first-order valence-electron chi connectivity index (χ1n) is 5.48. The number of aliphatic hydroxyl groups is 1. The van der Waals surface area contributed by atoms with Gasteiger partial charge >= 0.3 is 5.97 Å². The van der Waals surface area contributed by atoms with Crippen LogP contribution in [0.15, 0.2) is 12.1 Å². The first-order chi connectivity index (χ1) is 8.40. The topological polar surface area (TPSA) is 76.0 Å². The van der Waals surface area contributed by atoms with Crippen molar-refractivity contribution in [2.75, 3.05) is 20.8 Å². The Hall–Kier alpha value is -1.75. The van der Waals surface area contributed by atoms with Gasteiger partial charge in [0, 0.05) is 11.6 Å². The molecule has 0 aliphatic carbocycles. The molecule has 100 valence electrons. The van der Waals surface area contributed by atoms with Crippen LogP contribution in [0, 0.1) is 6.92 Å². The van der Waals surface area contributed by atoms with E-state index in [0.717, 1.165) is 0 Å². The molecule has 1 atom stereocenters. The number of carboxylic acids is 1. The lowest BCUT2D eigenvalue weighted by Crippen LogP contribution is -2.37. The van der Waals surface area contributed by atoms with Crippen LogP contribution in [-0.2, 0) is 10.2 Å². The van der Waals surface area contributed by atoms with E-state index in [1.165, 1.54) is 21.1 Å². The molecule has 5 nitrogen and oxygen atoms in total. The second-order valence-corrected chi connectivity index (χ2v) is 4.32. The Morgan fingerprint density at radius 2 is 1.94 bits per heavy atom. The third-order valence-electron chi connectivity index (χ3n) is 3.07. The van der Waals surface area contributed by atoms with E-state index in [9.17, 15) is 15.0 Å². The minimum absolute atomic E-state index is 0.394. The second kappa shape index (κ2) is 5.27. The van der Waals surface area contributed by atoms with Crippen LogP contribution in [0.3, 0.4) is 0 Å². The maximum atomic E-state index is 11.4. The molecular weight excluding hydrogens is 236 g/mol. The maximum Gasteiger partial charge on any atom is 0.316 e. The summed E-state index contributed by atoms with van der Waals surface area (Å²) in [6.45, 7) is 2.72. The number of benzene rings is 1. The molecule has 0 heterocycles. The van der Waals surface area contributed by atoms with Crippen molar-refractivity contribution >= 4 is 5.97 Å². The van der Waals surface area contributed by atoms with Gasteiger partial charge in [-0.15, -0.1) is 0 Å². The van der Waals surface area contributed by atoms with E-state index in [4.69, 9.17) is 9.47 Å². The molecule has 1 unspecified atom stereocenters. The zero-order chi connectivity index (χ0) is 13.9. The summed E-state index contributed by atoms with van der Waals surface area (Å²) in [5, 5.41) is 18.7. The van der Waals surface area contributed by atoms with Gasteiger partial charge in [-0.25, -0.2) is 0 Å². The van der Waals surface area contributed by atoms with Gasteiger partial charge in [0.2, 0.25) is 0 Å². The minimum Gasteiger partial charge on any atom is -0.497 e. The van der Waals surface area contributed by atoms with Crippen LogP contribution < -0.4 is 9.47 Å². The highest BCUT2D eigenvalue weighted by Gasteiger charge is 2.38. The summed E-state index contributed by atoms with van der Waals surface area (Å²) >= 11 is 0. The Labute approximate surface area is 106 Å². The summed E-state index contributed by atoms with van der Waals surface area (Å²) in [4.78, 5) is 11.4. The summed E-state index contributed by atoms with van der Waals surface area (Å²) < 4.78 is 10.3. The number of methoxy groups -OCH3 is 2. The average molecular weight is 254 g/mol. The number of hydrogen-bond acceptors (Lipinski definition) is 4. The second-order valence-electron chi connectivity index (χ2n) is 4.32. The third kappa shape index (κ3) is 2.26. The van der Waals surface area contributed by atoms with Crippen LogP contribution in [-0.4, -0.2) is 37.0 Å². The van der Waals surface area contributed by atoms with E-state index < -0.39 is 18.0 Å². The van der Waals surface area contributed by atoms with Crippen LogP contribution in [0.1, 0.15) is 18.1 Å². The van der Waals surface area contributed by atoms with Crippen LogP contribution in [0.5, 0.6) is 11.5 Å². The molecule has 1 aromatic rings. The predicted octanol–water partition coefficient (Wildman–Crippen LogP) is 1.35. The van der Waals surface area contributed by atoms with Gasteiger partial charge in [-0.05, 0) is 25.5 Å². The van der Waals surface area contributed by atoms with Crippen molar-refractivity contribution in [3.8, 4) is 11.5 Å². The number of hydrogen-bond donors (Lipinski definition) is 2. The number of rotatable bonds is 5. The number of ether oxygens (including phenoxy) is 2. The summed E-state index contributed by atoms with van der Waals surface area (Å²) in [6.07, 6.45) is 0. The third-order valence-corrected chi connectivity index (χ3v) is 3.07. The number of aliphatic hydroxyl groups excluding tert-OH is 1. The SMILES string of the molecule is COc1cc(C)c(C(C)(CO)C(=O)O)c(OC)c1. The van der Waals surface area contributed by atoms with Crippen molar-refractivity contribution in [2.45, 2.75) is 19.3 Å². The van der Waals surface area contributed by atoms with Crippen molar-refractivity contribution in [3.63, 3.8) is 0 Å². The highest BCUT2D eigenvalue weighted by molar-refractivity contribution is 5.83. The van der Waals surface area contributed by atoms with E-state index in [0.29, 0.717) is 22.6 Å². The largest absolute Gasteiger partial charge is 0.497 e. The number of aryl methyl sites for hydroxylation is 1. The molecule has 0 aromatic heterocycles. The molecule has 1 aromatic carbocycles.